The second kappa shape index (κ2) is 6.68. The fourth-order valence-electron chi connectivity index (χ4n) is 4.35. The molecule has 0 saturated heterocycles. The van der Waals surface area contributed by atoms with Crippen molar-refractivity contribution < 1.29 is 19.3 Å². The Morgan fingerprint density at radius 2 is 1.72 bits per heavy atom. The van der Waals surface area contributed by atoms with E-state index < -0.39 is 5.79 Å². The molecule has 0 amide bonds. The number of rotatable bonds is 2. The molecule has 2 aliphatic rings. The molecular formula is C24H21ClO4. The largest absolute Gasteiger partial charge is 0.458 e. The molecule has 3 aromatic rings. The summed E-state index contributed by atoms with van der Waals surface area (Å²) in [6.45, 7) is 4.18. The van der Waals surface area contributed by atoms with E-state index in [1.165, 1.54) is 0 Å². The van der Waals surface area contributed by atoms with Crippen LogP contribution in [0, 0.1) is 13.8 Å². The summed E-state index contributed by atoms with van der Waals surface area (Å²) in [7, 11) is 0. The highest BCUT2D eigenvalue weighted by Gasteiger charge is 2.43. The summed E-state index contributed by atoms with van der Waals surface area (Å²) in [5.41, 5.74) is 4.64. The van der Waals surface area contributed by atoms with E-state index >= 15 is 0 Å². The molecule has 0 saturated carbocycles. The second-order valence-electron chi connectivity index (χ2n) is 7.67. The van der Waals surface area contributed by atoms with Gasteiger partial charge in [0.25, 0.3) is 0 Å². The number of hydrogen-bond acceptors (Lipinski definition) is 4. The Labute approximate surface area is 174 Å². The van der Waals surface area contributed by atoms with E-state index in [1.807, 2.05) is 68.4 Å². The first-order chi connectivity index (χ1) is 14.0. The summed E-state index contributed by atoms with van der Waals surface area (Å²) >= 11 is 6.59. The molecule has 2 atom stereocenters. The standard InChI is InChI=1S/C24H21ClO4/c1-14-10-21-22(15(2)23(14)25)18(16-8-9-19-20(11-16)28-13-27-19)12-24(26,29-21)17-6-4-3-5-7-17/h3-11,18,26H,12-13H2,1-2H3/t18-,24+/m1/s1. The first-order valence-electron chi connectivity index (χ1n) is 9.62. The third-order valence-electron chi connectivity index (χ3n) is 5.82. The molecule has 148 valence electrons. The summed E-state index contributed by atoms with van der Waals surface area (Å²) in [5, 5.41) is 12.3. The van der Waals surface area contributed by atoms with Crippen LogP contribution in [-0.4, -0.2) is 11.9 Å². The van der Waals surface area contributed by atoms with Crippen molar-refractivity contribution in [1.82, 2.24) is 0 Å². The highest BCUT2D eigenvalue weighted by Crippen LogP contribution is 2.51. The molecule has 29 heavy (non-hydrogen) atoms. The summed E-state index contributed by atoms with van der Waals surface area (Å²) in [5.74, 6) is 0.552. The molecule has 3 aromatic carbocycles. The lowest BCUT2D eigenvalue weighted by atomic mass is 9.78. The van der Waals surface area contributed by atoms with Gasteiger partial charge in [0.05, 0.1) is 0 Å². The van der Waals surface area contributed by atoms with Gasteiger partial charge < -0.3 is 19.3 Å². The van der Waals surface area contributed by atoms with E-state index in [0.717, 1.165) is 44.3 Å². The van der Waals surface area contributed by atoms with E-state index in [1.54, 1.807) is 0 Å². The third kappa shape index (κ3) is 2.95. The number of hydrogen-bond donors (Lipinski definition) is 1. The molecular weight excluding hydrogens is 388 g/mol. The molecule has 5 heteroatoms. The lowest BCUT2D eigenvalue weighted by Gasteiger charge is -2.40. The zero-order chi connectivity index (χ0) is 20.2. The van der Waals surface area contributed by atoms with Gasteiger partial charge in [-0.05, 0) is 48.7 Å². The van der Waals surface area contributed by atoms with E-state index in [9.17, 15) is 5.11 Å². The molecule has 5 rings (SSSR count). The molecule has 1 N–H and O–H groups in total. The quantitative estimate of drug-likeness (QED) is 0.613. The molecule has 2 heterocycles. The van der Waals surface area contributed by atoms with Gasteiger partial charge >= 0.3 is 0 Å². The van der Waals surface area contributed by atoms with E-state index in [0.29, 0.717) is 12.2 Å². The highest BCUT2D eigenvalue weighted by atomic mass is 35.5. The number of benzene rings is 3. The maximum absolute atomic E-state index is 11.6. The third-order valence-corrected chi connectivity index (χ3v) is 6.41. The van der Waals surface area contributed by atoms with E-state index in [2.05, 4.69) is 0 Å². The summed E-state index contributed by atoms with van der Waals surface area (Å²) in [6, 6.07) is 17.3. The minimum absolute atomic E-state index is 0.114. The monoisotopic (exact) mass is 408 g/mol. The molecule has 0 radical (unpaired) electrons. The fraction of sp³-hybridized carbons (Fsp3) is 0.250. The zero-order valence-corrected chi connectivity index (χ0v) is 17.0. The average Bonchev–Trinajstić information content (AvgIpc) is 3.20. The van der Waals surface area contributed by atoms with Crippen molar-refractivity contribution in [2.75, 3.05) is 6.79 Å². The van der Waals surface area contributed by atoms with Crippen molar-refractivity contribution in [3.05, 3.63) is 87.4 Å². The number of aliphatic hydroxyl groups is 1. The Kier molecular flexibility index (Phi) is 4.23. The predicted octanol–water partition coefficient (Wildman–Crippen LogP) is 5.45. The molecule has 0 fully saturated rings. The lowest BCUT2D eigenvalue weighted by Crippen LogP contribution is -2.39. The maximum Gasteiger partial charge on any atom is 0.235 e. The smallest absolute Gasteiger partial charge is 0.235 e. The molecule has 4 nitrogen and oxygen atoms in total. The SMILES string of the molecule is Cc1cc2c(c(C)c1Cl)[C@@H](c1ccc3c(c1)OCO3)C[C@@](O)(c1ccccc1)O2. The first-order valence-corrected chi connectivity index (χ1v) is 10.00. The average molecular weight is 409 g/mol. The van der Waals surface area contributed by atoms with Gasteiger partial charge in [0.2, 0.25) is 12.6 Å². The minimum Gasteiger partial charge on any atom is -0.458 e. The van der Waals surface area contributed by atoms with Crippen LogP contribution in [0.25, 0.3) is 0 Å². The van der Waals surface area contributed by atoms with Crippen LogP contribution in [0.5, 0.6) is 17.2 Å². The Morgan fingerprint density at radius 3 is 2.52 bits per heavy atom. The van der Waals surface area contributed by atoms with Gasteiger partial charge in [-0.15, -0.1) is 0 Å². The van der Waals surface area contributed by atoms with Gasteiger partial charge in [-0.1, -0.05) is 48.0 Å². The lowest BCUT2D eigenvalue weighted by molar-refractivity contribution is -0.161. The predicted molar refractivity (Wildman–Crippen MR) is 111 cm³/mol. The number of halogens is 1. The molecule has 0 spiro atoms. The molecule has 0 unspecified atom stereocenters. The highest BCUT2D eigenvalue weighted by molar-refractivity contribution is 6.32. The summed E-state index contributed by atoms with van der Waals surface area (Å²) in [4.78, 5) is 0. The normalized spacial score (nSPS) is 22.1. The second-order valence-corrected chi connectivity index (χ2v) is 8.04. The molecule has 0 bridgehead atoms. The van der Waals surface area contributed by atoms with Crippen molar-refractivity contribution in [3.63, 3.8) is 0 Å². The molecule has 0 aliphatic carbocycles. The van der Waals surface area contributed by atoms with Gasteiger partial charge in [0.15, 0.2) is 11.5 Å². The van der Waals surface area contributed by atoms with Gasteiger partial charge in [-0.25, -0.2) is 0 Å². The van der Waals surface area contributed by atoms with Gasteiger partial charge in [-0.3, -0.25) is 0 Å². The summed E-state index contributed by atoms with van der Waals surface area (Å²) in [6.07, 6.45) is 0.365. The number of ether oxygens (including phenoxy) is 3. The fourth-order valence-corrected chi connectivity index (χ4v) is 4.50. The molecule has 0 aromatic heterocycles. The van der Waals surface area contributed by atoms with Crippen LogP contribution < -0.4 is 14.2 Å². The van der Waals surface area contributed by atoms with Crippen LogP contribution in [0.1, 0.15) is 40.2 Å². The Morgan fingerprint density at radius 1 is 0.966 bits per heavy atom. The van der Waals surface area contributed by atoms with E-state index in [-0.39, 0.29) is 12.7 Å². The summed E-state index contributed by atoms with van der Waals surface area (Å²) < 4.78 is 17.3. The molecule has 2 aliphatic heterocycles. The van der Waals surface area contributed by atoms with Crippen LogP contribution in [-0.2, 0) is 5.79 Å². The van der Waals surface area contributed by atoms with Crippen LogP contribution in [0.15, 0.2) is 54.6 Å². The Hall–Kier alpha value is -2.69. The van der Waals surface area contributed by atoms with Crippen LogP contribution in [0.3, 0.4) is 0 Å². The Balaban J connectivity index is 1.70. The topological polar surface area (TPSA) is 47.9 Å². The van der Waals surface area contributed by atoms with Crippen molar-refractivity contribution in [3.8, 4) is 17.2 Å². The van der Waals surface area contributed by atoms with Gasteiger partial charge in [0, 0.05) is 28.5 Å². The number of fused-ring (bicyclic) bond motifs is 2. The van der Waals surface area contributed by atoms with Gasteiger partial charge in [-0.2, -0.15) is 0 Å². The van der Waals surface area contributed by atoms with Crippen molar-refractivity contribution in [1.29, 1.82) is 0 Å². The van der Waals surface area contributed by atoms with Crippen molar-refractivity contribution in [2.24, 2.45) is 0 Å². The first kappa shape index (κ1) is 18.3. The number of aryl methyl sites for hydroxylation is 1. The van der Waals surface area contributed by atoms with E-state index in [4.69, 9.17) is 25.8 Å². The van der Waals surface area contributed by atoms with Crippen LogP contribution in [0.4, 0.5) is 0 Å². The van der Waals surface area contributed by atoms with Crippen molar-refractivity contribution >= 4 is 11.6 Å². The van der Waals surface area contributed by atoms with Gasteiger partial charge in [0.1, 0.15) is 5.75 Å². The van der Waals surface area contributed by atoms with Crippen LogP contribution >= 0.6 is 11.6 Å². The maximum atomic E-state index is 11.6. The van der Waals surface area contributed by atoms with Crippen molar-refractivity contribution in [2.45, 2.75) is 32.0 Å². The van der Waals surface area contributed by atoms with Crippen LogP contribution in [0.2, 0.25) is 5.02 Å². The Bertz CT molecular complexity index is 1100. The minimum atomic E-state index is -1.44. The zero-order valence-electron chi connectivity index (χ0n) is 16.2.